The highest BCUT2D eigenvalue weighted by Gasteiger charge is 2.21. The zero-order valence-corrected chi connectivity index (χ0v) is 12.1. The van der Waals surface area contributed by atoms with E-state index in [1.54, 1.807) is 26.0 Å². The first kappa shape index (κ1) is 15.4. The van der Waals surface area contributed by atoms with Crippen LogP contribution in [-0.2, 0) is 9.53 Å². The van der Waals surface area contributed by atoms with Crippen molar-refractivity contribution in [1.29, 1.82) is 0 Å². The molecule has 1 amide bonds. The van der Waals surface area contributed by atoms with Crippen molar-refractivity contribution >= 4 is 28.9 Å². The van der Waals surface area contributed by atoms with Crippen molar-refractivity contribution in [3.8, 4) is 0 Å². The molecule has 104 valence electrons. The van der Waals surface area contributed by atoms with Gasteiger partial charge in [-0.25, -0.2) is 5.43 Å². The van der Waals surface area contributed by atoms with E-state index < -0.39 is 5.92 Å². The van der Waals surface area contributed by atoms with E-state index in [4.69, 9.17) is 4.74 Å². The lowest BCUT2D eigenvalue weighted by Gasteiger charge is -2.12. The summed E-state index contributed by atoms with van der Waals surface area (Å²) in [5.74, 6) is -0.992. The fraction of sp³-hybridized carbons (Fsp3) is 0.462. The van der Waals surface area contributed by atoms with Crippen molar-refractivity contribution in [2.45, 2.75) is 27.2 Å². The van der Waals surface area contributed by atoms with Crippen LogP contribution in [0.4, 0.5) is 0 Å². The second kappa shape index (κ2) is 7.68. The van der Waals surface area contributed by atoms with Gasteiger partial charge in [-0.05, 0) is 31.7 Å². The Kier molecular flexibility index (Phi) is 6.21. The van der Waals surface area contributed by atoms with Crippen LogP contribution in [0.15, 0.2) is 22.6 Å². The summed E-state index contributed by atoms with van der Waals surface area (Å²) in [7, 11) is 0. The first-order chi connectivity index (χ1) is 9.10. The summed E-state index contributed by atoms with van der Waals surface area (Å²) >= 11 is 1.34. The minimum Gasteiger partial charge on any atom is -0.465 e. The second-order valence-electron chi connectivity index (χ2n) is 3.88. The van der Waals surface area contributed by atoms with E-state index in [0.29, 0.717) is 23.6 Å². The molecule has 0 fully saturated rings. The minimum atomic E-state index is -0.413. The number of esters is 1. The van der Waals surface area contributed by atoms with Gasteiger partial charge in [0.1, 0.15) is 0 Å². The molecule has 0 aliphatic heterocycles. The lowest BCUT2D eigenvalue weighted by molar-refractivity contribution is -0.145. The van der Waals surface area contributed by atoms with E-state index in [1.165, 1.54) is 11.3 Å². The molecule has 1 aromatic heterocycles. The predicted molar refractivity (Wildman–Crippen MR) is 75.3 cm³/mol. The van der Waals surface area contributed by atoms with Crippen LogP contribution in [0.5, 0.6) is 0 Å². The van der Waals surface area contributed by atoms with E-state index in [0.717, 1.165) is 0 Å². The molecule has 0 bridgehead atoms. The number of nitrogens with one attached hydrogen (secondary N) is 1. The van der Waals surface area contributed by atoms with E-state index in [1.807, 2.05) is 12.3 Å². The third-order valence-corrected chi connectivity index (χ3v) is 3.43. The molecule has 1 aromatic rings. The van der Waals surface area contributed by atoms with E-state index in [2.05, 4.69) is 10.5 Å². The summed E-state index contributed by atoms with van der Waals surface area (Å²) in [6.07, 6.45) is 0.586. The molecule has 1 rings (SSSR count). The lowest BCUT2D eigenvalue weighted by Crippen LogP contribution is -2.27. The molecular formula is C13H18N2O3S. The van der Waals surface area contributed by atoms with Crippen LogP contribution >= 0.6 is 11.3 Å². The van der Waals surface area contributed by atoms with Gasteiger partial charge in [0.2, 0.25) is 0 Å². The summed E-state index contributed by atoms with van der Waals surface area (Å²) in [5, 5.41) is 5.80. The summed E-state index contributed by atoms with van der Waals surface area (Å²) in [5.41, 5.74) is 3.00. The highest BCUT2D eigenvalue weighted by Crippen LogP contribution is 2.10. The number of nitrogens with zero attached hydrogens (tertiary/aromatic N) is 1. The topological polar surface area (TPSA) is 67.8 Å². The van der Waals surface area contributed by atoms with Gasteiger partial charge in [-0.15, -0.1) is 11.3 Å². The number of carbonyl (C=O) groups excluding carboxylic acids is 2. The molecular weight excluding hydrogens is 264 g/mol. The van der Waals surface area contributed by atoms with Crippen molar-refractivity contribution in [3.63, 3.8) is 0 Å². The minimum absolute atomic E-state index is 0.270. The molecule has 0 saturated heterocycles. The highest BCUT2D eigenvalue weighted by molar-refractivity contribution is 7.12. The van der Waals surface area contributed by atoms with E-state index >= 15 is 0 Å². The van der Waals surface area contributed by atoms with E-state index in [9.17, 15) is 9.59 Å². The van der Waals surface area contributed by atoms with Gasteiger partial charge in [0.25, 0.3) is 5.91 Å². The molecule has 6 heteroatoms. The van der Waals surface area contributed by atoms with Crippen LogP contribution < -0.4 is 5.43 Å². The third-order valence-electron chi connectivity index (χ3n) is 2.56. The molecule has 5 nitrogen and oxygen atoms in total. The maximum atomic E-state index is 11.7. The van der Waals surface area contributed by atoms with Crippen molar-refractivity contribution in [3.05, 3.63) is 22.4 Å². The average molecular weight is 282 g/mol. The van der Waals surface area contributed by atoms with Crippen LogP contribution in [0.3, 0.4) is 0 Å². The monoisotopic (exact) mass is 282 g/mol. The SMILES string of the molecule is CCOC(=O)[C@H](CC)C(C)=NNC(=O)c1cccs1. The van der Waals surface area contributed by atoms with Gasteiger partial charge in [0, 0.05) is 5.71 Å². The highest BCUT2D eigenvalue weighted by atomic mass is 32.1. The molecule has 0 aliphatic rings. The maximum absolute atomic E-state index is 11.7. The van der Waals surface area contributed by atoms with Gasteiger partial charge in [0.15, 0.2) is 0 Å². The number of thiophene rings is 1. The number of hydrogen-bond acceptors (Lipinski definition) is 5. The van der Waals surface area contributed by atoms with Crippen LogP contribution in [0.1, 0.15) is 36.9 Å². The predicted octanol–water partition coefficient (Wildman–Crippen LogP) is 2.44. The van der Waals surface area contributed by atoms with Gasteiger partial charge in [-0.1, -0.05) is 13.0 Å². The summed E-state index contributed by atoms with van der Waals surface area (Å²) in [6, 6.07) is 3.51. The lowest BCUT2D eigenvalue weighted by atomic mass is 10.0. The fourth-order valence-corrected chi connectivity index (χ4v) is 2.17. The van der Waals surface area contributed by atoms with Crippen LogP contribution in [0.25, 0.3) is 0 Å². The quantitative estimate of drug-likeness (QED) is 0.495. The Hall–Kier alpha value is -1.69. The maximum Gasteiger partial charge on any atom is 0.314 e. The van der Waals surface area contributed by atoms with Gasteiger partial charge >= 0.3 is 5.97 Å². The van der Waals surface area contributed by atoms with Gasteiger partial charge < -0.3 is 4.74 Å². The Balaban J connectivity index is 2.64. The Morgan fingerprint density at radius 3 is 2.74 bits per heavy atom. The molecule has 0 unspecified atom stereocenters. The summed E-state index contributed by atoms with van der Waals surface area (Å²) in [4.78, 5) is 24.0. The van der Waals surface area contributed by atoms with Gasteiger partial charge in [0.05, 0.1) is 17.4 Å². The molecule has 0 aromatic carbocycles. The van der Waals surface area contributed by atoms with Crippen molar-refractivity contribution in [2.24, 2.45) is 11.0 Å². The van der Waals surface area contributed by atoms with Crippen LogP contribution in [-0.4, -0.2) is 24.2 Å². The molecule has 19 heavy (non-hydrogen) atoms. The molecule has 0 aliphatic carbocycles. The zero-order valence-electron chi connectivity index (χ0n) is 11.3. The first-order valence-corrected chi connectivity index (χ1v) is 7.02. The number of ether oxygens (including phenoxy) is 1. The molecule has 0 radical (unpaired) electrons. The Labute approximate surface area is 116 Å². The third kappa shape index (κ3) is 4.48. The van der Waals surface area contributed by atoms with Crippen molar-refractivity contribution in [1.82, 2.24) is 5.43 Å². The standard InChI is InChI=1S/C13H18N2O3S/c1-4-10(13(17)18-5-2)9(3)14-15-12(16)11-7-6-8-19-11/h6-8,10H,4-5H2,1-3H3,(H,15,16)/t10-/m1/s1. The normalized spacial score (nSPS) is 12.9. The molecule has 1 N–H and O–H groups in total. The number of carbonyl (C=O) groups is 2. The molecule has 1 heterocycles. The summed E-state index contributed by atoms with van der Waals surface area (Å²) in [6.45, 7) is 5.68. The zero-order chi connectivity index (χ0) is 14.3. The van der Waals surface area contributed by atoms with Crippen LogP contribution in [0.2, 0.25) is 0 Å². The van der Waals surface area contributed by atoms with E-state index in [-0.39, 0.29) is 11.9 Å². The van der Waals surface area contributed by atoms with Crippen LogP contribution in [0, 0.1) is 5.92 Å². The number of amides is 1. The largest absolute Gasteiger partial charge is 0.465 e. The second-order valence-corrected chi connectivity index (χ2v) is 4.83. The van der Waals surface area contributed by atoms with Crippen molar-refractivity contribution in [2.75, 3.05) is 6.61 Å². The first-order valence-electron chi connectivity index (χ1n) is 6.14. The number of rotatable bonds is 6. The Bertz CT molecular complexity index is 454. The average Bonchev–Trinajstić information content (AvgIpc) is 2.91. The molecule has 0 saturated carbocycles. The fourth-order valence-electron chi connectivity index (χ4n) is 1.56. The molecule has 0 spiro atoms. The summed E-state index contributed by atoms with van der Waals surface area (Å²) < 4.78 is 4.96. The van der Waals surface area contributed by atoms with Crippen molar-refractivity contribution < 1.29 is 14.3 Å². The Morgan fingerprint density at radius 1 is 1.47 bits per heavy atom. The molecule has 1 atom stereocenters. The van der Waals surface area contributed by atoms with Gasteiger partial charge in [-0.2, -0.15) is 5.10 Å². The van der Waals surface area contributed by atoms with Gasteiger partial charge in [-0.3, -0.25) is 9.59 Å². The smallest absolute Gasteiger partial charge is 0.314 e. The number of hydrogen-bond donors (Lipinski definition) is 1. The Morgan fingerprint density at radius 2 is 2.21 bits per heavy atom. The number of hydrazone groups is 1.